The van der Waals surface area contributed by atoms with E-state index in [1.54, 1.807) is 62.1 Å². The monoisotopic (exact) mass is 1760 g/mol. The van der Waals surface area contributed by atoms with Crippen LogP contribution in [0.1, 0.15) is 322 Å². The Kier molecular flexibility index (Phi) is 41.4. The number of hydrogen-bond acceptors (Lipinski definition) is 15. The number of aromatic carboxylic acids is 2. The minimum absolute atomic E-state index is 0. The van der Waals surface area contributed by atoms with Crippen molar-refractivity contribution in [3.8, 4) is 0 Å². The average Bonchev–Trinajstić information content (AvgIpc) is 1.59. The standard InChI is InChI=1S/C22H30O4.C21H28O4.C20H26O4.C19H24O4.C3H9OS.CH3I.3CH4.HI/c1-5-25-19(23)17-8-6-15(7-9-17)16-10-12-22(13-11-16)14-18(22)20(24)26-21(2,3)4;1-5-24-20(23)18-12-10-17(11-13-18)16-8-6-15(7-9-16)14-19(22)25-21(2,3)4;1-19(2,3)24-18(23)16-12-20(16)10-8-14(9-11-20)13-4-6-15(7-5-13)17(21)22;1-19(2,3)23-17(20)12-13-4-6-14(7-5-13)15-8-10-16(11-9-15)18(21)22;1-5(2,3)4;1-2;;;;/h6-9,16,18H,5,10-14H2,1-4H3;10-14,16H,5-9H2,1-4H3;4-7,14,16H,8-12H2,1-3H3,(H,21,22);8-12,14H,4-7H2,1-3H3,(H,21,22);1-3H3;1H3;3*1H4;1H/q;;;;+1;;;;;. The summed E-state index contributed by atoms with van der Waals surface area (Å²) in [5, 5.41) is 17.9. The van der Waals surface area contributed by atoms with Crippen LogP contribution in [-0.4, -0.2) is 117 Å². The molecule has 6 aliphatic carbocycles. The lowest BCUT2D eigenvalue weighted by Gasteiger charge is -2.30. The maximum Gasteiger partial charge on any atom is 0.338 e. The van der Waals surface area contributed by atoms with Crippen molar-refractivity contribution >= 4 is 104 Å². The molecule has 0 heterocycles. The number of carbonyl (C=O) groups is 8. The molecule has 10 rings (SSSR count). The van der Waals surface area contributed by atoms with Crippen LogP contribution in [0.3, 0.4) is 0 Å². The first-order valence-electron chi connectivity index (χ1n) is 37.2. The molecule has 2 atom stereocenters. The van der Waals surface area contributed by atoms with Gasteiger partial charge in [0.2, 0.25) is 0 Å². The number of carboxylic acids is 2. The number of carbonyl (C=O) groups excluding carboxylic acids is 6. The highest BCUT2D eigenvalue weighted by atomic mass is 127. The molecule has 6 saturated carbocycles. The molecule has 6 fully saturated rings. The zero-order chi connectivity index (χ0) is 78.5. The van der Waals surface area contributed by atoms with Crippen molar-refractivity contribution in [2.45, 2.75) is 281 Å². The van der Waals surface area contributed by atoms with Crippen LogP contribution in [-0.2, 0) is 61.7 Å². The molecule has 6 aliphatic rings. The fraction of sp³-hybridized carbons (Fsp3) is 0.596. The van der Waals surface area contributed by atoms with Gasteiger partial charge in [0.1, 0.15) is 41.2 Å². The maximum atomic E-state index is 12.3. The molecule has 0 saturated heterocycles. The first-order chi connectivity index (χ1) is 49.0. The van der Waals surface area contributed by atoms with Crippen molar-refractivity contribution in [3.05, 3.63) is 165 Å². The molecule has 0 amide bonds. The van der Waals surface area contributed by atoms with Crippen LogP contribution in [0.15, 0.2) is 120 Å². The van der Waals surface area contributed by atoms with Crippen LogP contribution in [0.25, 0.3) is 0 Å². The quantitative estimate of drug-likeness (QED) is 0.0297. The summed E-state index contributed by atoms with van der Waals surface area (Å²) in [6.45, 7) is 27.1. The summed E-state index contributed by atoms with van der Waals surface area (Å²) in [7, 11) is -1.42. The molecule has 610 valence electrons. The zero-order valence-corrected chi connectivity index (χ0v) is 71.5. The van der Waals surface area contributed by atoms with E-state index in [9.17, 15) is 42.6 Å². The second kappa shape index (κ2) is 44.8. The molecule has 2 N–H and O–H groups in total. The van der Waals surface area contributed by atoms with Gasteiger partial charge in [-0.25, -0.2) is 28.8 Å². The Morgan fingerprint density at radius 3 is 0.844 bits per heavy atom. The van der Waals surface area contributed by atoms with Gasteiger partial charge >= 0.3 is 47.8 Å². The second-order valence-electron chi connectivity index (χ2n) is 33.3. The Morgan fingerprint density at radius 2 is 0.633 bits per heavy atom. The Labute approximate surface area is 685 Å². The highest BCUT2D eigenvalue weighted by Crippen LogP contribution is 2.65. The number of benzene rings is 4. The van der Waals surface area contributed by atoms with Crippen LogP contribution in [0.4, 0.5) is 0 Å². The smallest absolute Gasteiger partial charge is 0.338 e. The fourth-order valence-corrected chi connectivity index (χ4v) is 14.2. The molecule has 0 radical (unpaired) electrons. The Morgan fingerprint density at radius 1 is 0.413 bits per heavy atom. The van der Waals surface area contributed by atoms with E-state index in [4.69, 9.17) is 38.6 Å². The summed E-state index contributed by atoms with van der Waals surface area (Å²) in [5.41, 5.74) is 7.67. The van der Waals surface area contributed by atoms with Gasteiger partial charge in [-0.1, -0.05) is 105 Å². The number of rotatable bonds is 14. The number of alkyl halides is 1. The van der Waals surface area contributed by atoms with Gasteiger partial charge in [0, 0.05) is 12.2 Å². The molecule has 2 unspecified atom stereocenters. The predicted molar refractivity (Wildman–Crippen MR) is 458 cm³/mol. The zero-order valence-electron chi connectivity index (χ0n) is 66.2. The third-order valence-electron chi connectivity index (χ3n) is 19.5. The summed E-state index contributed by atoms with van der Waals surface area (Å²) in [6.07, 6.45) is 26.5. The minimum Gasteiger partial charge on any atom is -0.478 e. The van der Waals surface area contributed by atoms with E-state index in [1.165, 1.54) is 22.3 Å². The first-order valence-corrected chi connectivity index (χ1v) is 42.2. The summed E-state index contributed by atoms with van der Waals surface area (Å²) in [4.78, 5) is 95.6. The Hall–Kier alpha value is -6.27. The first kappa shape index (κ1) is 101. The molecule has 4 aromatic carbocycles. The number of carboxylic acid groups (broad SMARTS) is 2. The summed E-state index contributed by atoms with van der Waals surface area (Å²) in [6, 6.07) is 29.9. The molecule has 20 heteroatoms. The average molecular weight is 1760 g/mol. The molecule has 0 aliphatic heterocycles. The minimum atomic E-state index is -1.42. The van der Waals surface area contributed by atoms with Crippen molar-refractivity contribution in [2.24, 2.45) is 22.7 Å². The van der Waals surface area contributed by atoms with Crippen molar-refractivity contribution in [1.29, 1.82) is 0 Å². The normalized spacial score (nSPS) is 21.6. The number of hydrogen-bond donors (Lipinski definition) is 2. The molecule has 2 spiro atoms. The van der Waals surface area contributed by atoms with Gasteiger partial charge in [0.05, 0.1) is 57.2 Å². The summed E-state index contributed by atoms with van der Waals surface area (Å²) in [5.74, 6) is -0.861. The van der Waals surface area contributed by atoms with E-state index >= 15 is 0 Å². The van der Waals surface area contributed by atoms with Gasteiger partial charge in [-0.3, -0.25) is 9.59 Å². The molecule has 4 aromatic rings. The van der Waals surface area contributed by atoms with Crippen molar-refractivity contribution < 1.29 is 81.2 Å². The van der Waals surface area contributed by atoms with Crippen LogP contribution in [0, 0.1) is 22.7 Å². The molecular weight excluding hydrogens is 1630 g/mol. The van der Waals surface area contributed by atoms with Crippen molar-refractivity contribution in [3.63, 3.8) is 0 Å². The predicted octanol–water partition coefficient (Wildman–Crippen LogP) is 22.3. The van der Waals surface area contributed by atoms with Gasteiger partial charge in [-0.05, 0) is 323 Å². The van der Waals surface area contributed by atoms with Gasteiger partial charge in [0.25, 0.3) is 0 Å². The van der Waals surface area contributed by atoms with E-state index in [0.717, 1.165) is 127 Å². The van der Waals surface area contributed by atoms with Gasteiger partial charge in [-0.2, -0.15) is 0 Å². The highest BCUT2D eigenvalue weighted by Gasteiger charge is 2.61. The SMILES string of the molecule is C.C.C.CC(C)(C)OC(=O)C1CC12CCC(c1ccc(C(=O)O)cc1)CC2.CC(C)(C)OC(=O)C=C1CCC(c2ccc(C(=O)O)cc2)CC1.CCOC(=O)c1ccc(C2CCC(=CC(=O)OC(C)(C)C)CC2)cc1.CCOC(=O)c1ccc(C2CCC3(CC2)CC3C(=O)OC(C)(C)C)cc1.CI.C[S+](C)(C)=O.I. The van der Waals surface area contributed by atoms with Crippen molar-refractivity contribution in [2.75, 3.05) is 36.9 Å². The number of allylic oxidation sites excluding steroid dienone is 2. The summed E-state index contributed by atoms with van der Waals surface area (Å²) < 4.78 is 42.0. The van der Waals surface area contributed by atoms with Gasteiger partial charge < -0.3 is 38.6 Å². The van der Waals surface area contributed by atoms with Crippen LogP contribution < -0.4 is 0 Å². The number of halogens is 2. The topological polar surface area (TPSA) is 249 Å². The van der Waals surface area contributed by atoms with E-state index in [-0.39, 0.29) is 105 Å². The van der Waals surface area contributed by atoms with Crippen molar-refractivity contribution in [1.82, 2.24) is 0 Å². The van der Waals surface area contributed by atoms with E-state index < -0.39 is 44.3 Å². The third-order valence-corrected chi connectivity index (χ3v) is 19.5. The third kappa shape index (κ3) is 35.1. The van der Waals surface area contributed by atoms with E-state index in [2.05, 4.69) is 22.6 Å². The van der Waals surface area contributed by atoms with Crippen LogP contribution in [0.2, 0.25) is 0 Å². The van der Waals surface area contributed by atoms with Gasteiger partial charge in [0.15, 0.2) is 0 Å². The number of ether oxygens (including phenoxy) is 6. The fourth-order valence-electron chi connectivity index (χ4n) is 14.2. The largest absolute Gasteiger partial charge is 0.478 e. The Bertz CT molecular complexity index is 3630. The molecule has 0 bridgehead atoms. The van der Waals surface area contributed by atoms with Gasteiger partial charge in [-0.15, -0.1) is 28.2 Å². The lowest BCUT2D eigenvalue weighted by molar-refractivity contribution is -0.158. The second-order valence-corrected chi connectivity index (χ2v) is 36.8. The Balaban J connectivity index is 0.000000697. The maximum absolute atomic E-state index is 12.3. The summed E-state index contributed by atoms with van der Waals surface area (Å²) >= 11 is 2.15. The lowest BCUT2D eigenvalue weighted by atomic mass is 9.75. The van der Waals surface area contributed by atoms with Crippen LogP contribution in [0.5, 0.6) is 0 Å². The van der Waals surface area contributed by atoms with E-state index in [0.29, 0.717) is 59.1 Å². The molecule has 109 heavy (non-hydrogen) atoms. The van der Waals surface area contributed by atoms with Crippen LogP contribution >= 0.6 is 46.6 Å². The lowest BCUT2D eigenvalue weighted by Crippen LogP contribution is -2.27. The van der Waals surface area contributed by atoms with E-state index in [1.807, 2.05) is 168 Å². The molecular formula is C89H133I2O17S+. The number of esters is 6. The molecule has 0 aromatic heterocycles. The molecule has 17 nitrogen and oxygen atoms in total. The highest BCUT2D eigenvalue weighted by molar-refractivity contribution is 14.1.